The Morgan fingerprint density at radius 2 is 1.94 bits per heavy atom. The quantitative estimate of drug-likeness (QED) is 0.830. The monoisotopic (exact) mass is 303 g/mol. The summed E-state index contributed by atoms with van der Waals surface area (Å²) in [6.45, 7) is 3.83. The van der Waals surface area contributed by atoms with E-state index in [1.807, 2.05) is 13.8 Å². The maximum atomic E-state index is 13.9. The van der Waals surface area contributed by atoms with Crippen molar-refractivity contribution in [3.8, 4) is 0 Å². The highest BCUT2D eigenvalue weighted by Crippen LogP contribution is 2.31. The van der Waals surface area contributed by atoms with Gasteiger partial charge in [-0.3, -0.25) is 0 Å². The third-order valence-corrected chi connectivity index (χ3v) is 3.97. The van der Waals surface area contributed by atoms with Gasteiger partial charge >= 0.3 is 0 Å². The molecule has 1 nitrogen and oxygen atoms in total. The number of halogens is 3. The van der Waals surface area contributed by atoms with E-state index >= 15 is 0 Å². The molecular formula is C13H16BrF2N. The minimum Gasteiger partial charge on any atom is -0.311 e. The van der Waals surface area contributed by atoms with Gasteiger partial charge in [0.2, 0.25) is 0 Å². The SMILES string of the molecule is CC(NC1CC1)C(C)c1c(F)ccc(Br)c1F. The second-order valence-electron chi connectivity index (χ2n) is 4.78. The van der Waals surface area contributed by atoms with E-state index in [2.05, 4.69) is 21.2 Å². The molecule has 0 amide bonds. The summed E-state index contributed by atoms with van der Waals surface area (Å²) < 4.78 is 27.9. The Bertz CT molecular complexity index is 418. The Balaban J connectivity index is 2.22. The van der Waals surface area contributed by atoms with Gasteiger partial charge in [-0.15, -0.1) is 0 Å². The van der Waals surface area contributed by atoms with Crippen molar-refractivity contribution in [1.29, 1.82) is 0 Å². The Hall–Kier alpha value is -0.480. The lowest BCUT2D eigenvalue weighted by molar-refractivity contribution is 0.441. The molecule has 0 bridgehead atoms. The predicted molar refractivity (Wildman–Crippen MR) is 68.1 cm³/mol. The summed E-state index contributed by atoms with van der Waals surface area (Å²) in [6, 6.07) is 3.31. The van der Waals surface area contributed by atoms with Crippen LogP contribution in [0.15, 0.2) is 16.6 Å². The van der Waals surface area contributed by atoms with Crippen molar-refractivity contribution in [3.63, 3.8) is 0 Å². The molecule has 0 spiro atoms. The van der Waals surface area contributed by atoms with Gasteiger partial charge in [-0.05, 0) is 47.8 Å². The van der Waals surface area contributed by atoms with Crippen LogP contribution in [0.3, 0.4) is 0 Å². The molecule has 2 rings (SSSR count). The average Bonchev–Trinajstić information content (AvgIpc) is 3.07. The van der Waals surface area contributed by atoms with Gasteiger partial charge in [0.15, 0.2) is 0 Å². The molecule has 1 aromatic rings. The summed E-state index contributed by atoms with van der Waals surface area (Å²) in [5.41, 5.74) is 0.167. The van der Waals surface area contributed by atoms with Crippen LogP contribution in [0.25, 0.3) is 0 Å². The maximum absolute atomic E-state index is 13.9. The predicted octanol–water partition coefficient (Wildman–Crippen LogP) is 3.97. The number of nitrogens with one attached hydrogen (secondary N) is 1. The zero-order valence-corrected chi connectivity index (χ0v) is 11.5. The fourth-order valence-electron chi connectivity index (χ4n) is 1.98. The highest BCUT2D eigenvalue weighted by atomic mass is 79.9. The van der Waals surface area contributed by atoms with Crippen LogP contribution in [0, 0.1) is 11.6 Å². The molecule has 0 saturated heterocycles. The Morgan fingerprint density at radius 1 is 1.29 bits per heavy atom. The van der Waals surface area contributed by atoms with E-state index in [0.29, 0.717) is 10.5 Å². The lowest BCUT2D eigenvalue weighted by Gasteiger charge is -2.23. The minimum absolute atomic E-state index is 0.0702. The largest absolute Gasteiger partial charge is 0.311 e. The van der Waals surface area contributed by atoms with Gasteiger partial charge in [-0.2, -0.15) is 0 Å². The van der Waals surface area contributed by atoms with Crippen molar-refractivity contribution in [2.24, 2.45) is 0 Å². The van der Waals surface area contributed by atoms with Crippen molar-refractivity contribution in [1.82, 2.24) is 5.32 Å². The van der Waals surface area contributed by atoms with Crippen LogP contribution in [0.4, 0.5) is 8.78 Å². The lowest BCUT2D eigenvalue weighted by atomic mass is 9.93. The minimum atomic E-state index is -0.484. The molecule has 2 atom stereocenters. The van der Waals surface area contributed by atoms with E-state index < -0.39 is 11.6 Å². The normalized spacial score (nSPS) is 19.1. The summed E-state index contributed by atoms with van der Waals surface area (Å²) in [6.07, 6.45) is 2.33. The molecule has 1 aliphatic rings. The van der Waals surface area contributed by atoms with E-state index in [-0.39, 0.29) is 17.5 Å². The number of hydrogen-bond acceptors (Lipinski definition) is 1. The number of hydrogen-bond donors (Lipinski definition) is 1. The lowest BCUT2D eigenvalue weighted by Crippen LogP contribution is -2.33. The van der Waals surface area contributed by atoms with Gasteiger partial charge in [0.05, 0.1) is 4.47 Å². The molecule has 1 aromatic carbocycles. The topological polar surface area (TPSA) is 12.0 Å². The van der Waals surface area contributed by atoms with Gasteiger partial charge in [0.25, 0.3) is 0 Å². The van der Waals surface area contributed by atoms with E-state index in [0.717, 1.165) is 0 Å². The smallest absolute Gasteiger partial charge is 0.143 e. The molecule has 0 radical (unpaired) electrons. The van der Waals surface area contributed by atoms with Gasteiger partial charge in [0, 0.05) is 23.6 Å². The molecule has 0 heterocycles. The fraction of sp³-hybridized carbons (Fsp3) is 0.538. The molecule has 1 fully saturated rings. The first-order valence-electron chi connectivity index (χ1n) is 5.90. The molecule has 4 heteroatoms. The second kappa shape index (κ2) is 5.02. The van der Waals surface area contributed by atoms with E-state index in [1.54, 1.807) is 0 Å². The highest BCUT2D eigenvalue weighted by Gasteiger charge is 2.28. The standard InChI is InChI=1S/C13H16BrF2N/c1-7(8(2)17-9-3-4-9)12-11(15)6-5-10(14)13(12)16/h5-9,17H,3-4H2,1-2H3. The Kier molecular flexibility index (Phi) is 3.83. The summed E-state index contributed by atoms with van der Waals surface area (Å²) in [5, 5.41) is 3.38. The Labute approximate surface area is 109 Å². The van der Waals surface area contributed by atoms with Crippen LogP contribution < -0.4 is 5.32 Å². The molecule has 2 unspecified atom stereocenters. The van der Waals surface area contributed by atoms with Crippen LogP contribution in [0.5, 0.6) is 0 Å². The van der Waals surface area contributed by atoms with Gasteiger partial charge in [-0.1, -0.05) is 6.92 Å². The van der Waals surface area contributed by atoms with Crippen molar-refractivity contribution < 1.29 is 8.78 Å². The van der Waals surface area contributed by atoms with Crippen molar-refractivity contribution in [2.45, 2.75) is 44.7 Å². The fourth-order valence-corrected chi connectivity index (χ4v) is 2.32. The maximum Gasteiger partial charge on any atom is 0.143 e. The van der Waals surface area contributed by atoms with Crippen LogP contribution in [0.2, 0.25) is 0 Å². The van der Waals surface area contributed by atoms with E-state index in [1.165, 1.54) is 25.0 Å². The summed E-state index contributed by atoms with van der Waals surface area (Å²) in [7, 11) is 0. The molecule has 1 saturated carbocycles. The van der Waals surface area contributed by atoms with Crippen LogP contribution in [-0.4, -0.2) is 12.1 Å². The highest BCUT2D eigenvalue weighted by molar-refractivity contribution is 9.10. The van der Waals surface area contributed by atoms with Crippen LogP contribution >= 0.6 is 15.9 Å². The van der Waals surface area contributed by atoms with Crippen molar-refractivity contribution >= 4 is 15.9 Å². The van der Waals surface area contributed by atoms with Gasteiger partial charge in [-0.25, -0.2) is 8.78 Å². The molecule has 1 aliphatic carbocycles. The zero-order valence-electron chi connectivity index (χ0n) is 9.93. The number of rotatable bonds is 4. The molecule has 0 aromatic heterocycles. The third kappa shape index (κ3) is 2.86. The third-order valence-electron chi connectivity index (χ3n) is 3.36. The van der Waals surface area contributed by atoms with Crippen molar-refractivity contribution in [2.75, 3.05) is 0 Å². The van der Waals surface area contributed by atoms with E-state index in [9.17, 15) is 8.78 Å². The summed E-state index contributed by atoms with van der Waals surface area (Å²) >= 11 is 3.10. The first-order chi connectivity index (χ1) is 8.00. The zero-order chi connectivity index (χ0) is 12.6. The van der Waals surface area contributed by atoms with Crippen LogP contribution in [0.1, 0.15) is 38.2 Å². The van der Waals surface area contributed by atoms with Gasteiger partial charge < -0.3 is 5.32 Å². The van der Waals surface area contributed by atoms with Crippen LogP contribution in [-0.2, 0) is 0 Å². The molecule has 17 heavy (non-hydrogen) atoms. The van der Waals surface area contributed by atoms with E-state index in [4.69, 9.17) is 0 Å². The molecule has 1 N–H and O–H groups in total. The summed E-state index contributed by atoms with van der Waals surface area (Å²) in [4.78, 5) is 0. The Morgan fingerprint density at radius 3 is 2.53 bits per heavy atom. The van der Waals surface area contributed by atoms with Crippen molar-refractivity contribution in [3.05, 3.63) is 33.8 Å². The molecule has 94 valence electrons. The van der Waals surface area contributed by atoms with Gasteiger partial charge in [0.1, 0.15) is 11.6 Å². The molecular weight excluding hydrogens is 288 g/mol. The first-order valence-corrected chi connectivity index (χ1v) is 6.69. The molecule has 0 aliphatic heterocycles. The first kappa shape index (κ1) is 13.0. The number of benzene rings is 1. The average molecular weight is 304 g/mol. The summed E-state index contributed by atoms with van der Waals surface area (Å²) in [5.74, 6) is -1.14. The second-order valence-corrected chi connectivity index (χ2v) is 5.63.